The molecule has 110 valence electrons. The van der Waals surface area contributed by atoms with Gasteiger partial charge in [0.15, 0.2) is 5.82 Å². The molecule has 8 heteroatoms. The molecule has 0 radical (unpaired) electrons. The second-order valence-corrected chi connectivity index (χ2v) is 4.80. The monoisotopic (exact) mass is 282 g/mol. The zero-order valence-electron chi connectivity index (χ0n) is 11.4. The first-order valence-electron chi connectivity index (χ1n) is 6.25. The number of ether oxygens (including phenoxy) is 1. The number of rotatable bonds is 4. The average Bonchev–Trinajstić information content (AvgIpc) is 2.77. The maximum absolute atomic E-state index is 11.9. The van der Waals surface area contributed by atoms with E-state index in [0.717, 1.165) is 0 Å². The van der Waals surface area contributed by atoms with Crippen LogP contribution in [0.15, 0.2) is 22.1 Å². The van der Waals surface area contributed by atoms with Crippen LogP contribution in [0.4, 0.5) is 5.82 Å². The second-order valence-electron chi connectivity index (χ2n) is 4.80. The maximum atomic E-state index is 11.9. The Morgan fingerprint density at radius 1 is 1.65 bits per heavy atom. The summed E-state index contributed by atoms with van der Waals surface area (Å²) in [6.45, 7) is -0.287. The molecule has 20 heavy (non-hydrogen) atoms. The summed E-state index contributed by atoms with van der Waals surface area (Å²) in [5.74, 6) is 0.303. The Kier molecular flexibility index (Phi) is 4.48. The molecule has 3 atom stereocenters. The van der Waals surface area contributed by atoms with Gasteiger partial charge in [0.2, 0.25) is 0 Å². The third kappa shape index (κ3) is 3.21. The van der Waals surface area contributed by atoms with Gasteiger partial charge < -0.3 is 19.8 Å². The van der Waals surface area contributed by atoms with Gasteiger partial charge in [0.1, 0.15) is 12.3 Å². The quantitative estimate of drug-likeness (QED) is 0.548. The van der Waals surface area contributed by atoms with E-state index in [-0.39, 0.29) is 13.0 Å². The second kappa shape index (κ2) is 6.12. The molecular formula is C12H18N4O4. The van der Waals surface area contributed by atoms with E-state index in [2.05, 4.69) is 9.98 Å². The number of hydrogen-bond donors (Lipinski definition) is 2. The zero-order chi connectivity index (χ0) is 14.7. The van der Waals surface area contributed by atoms with Crippen LogP contribution in [0, 0.1) is 0 Å². The van der Waals surface area contributed by atoms with Gasteiger partial charge in [-0.1, -0.05) is 0 Å². The molecular weight excluding hydrogens is 264 g/mol. The minimum absolute atomic E-state index is 0.243. The summed E-state index contributed by atoms with van der Waals surface area (Å²) in [4.78, 5) is 21.5. The Balaban J connectivity index is 2.17. The molecule has 1 aromatic rings. The van der Waals surface area contributed by atoms with E-state index in [1.807, 2.05) is 14.1 Å². The van der Waals surface area contributed by atoms with Gasteiger partial charge in [0.05, 0.1) is 19.0 Å². The van der Waals surface area contributed by atoms with Crippen LogP contribution in [-0.4, -0.2) is 63.9 Å². The maximum Gasteiger partial charge on any atom is 0.351 e. The average molecular weight is 282 g/mol. The summed E-state index contributed by atoms with van der Waals surface area (Å²) in [7, 11) is 3.63. The fraction of sp³-hybridized carbons (Fsp3) is 0.583. The third-order valence-corrected chi connectivity index (χ3v) is 2.93. The van der Waals surface area contributed by atoms with Crippen LogP contribution >= 0.6 is 0 Å². The topological polar surface area (TPSA) is 100 Å². The van der Waals surface area contributed by atoms with Crippen LogP contribution in [-0.2, 0) is 4.74 Å². The minimum Gasteiger partial charge on any atom is -0.394 e. The lowest BCUT2D eigenvalue weighted by Gasteiger charge is -2.14. The Morgan fingerprint density at radius 3 is 2.95 bits per heavy atom. The van der Waals surface area contributed by atoms with Gasteiger partial charge in [-0.05, 0) is 6.07 Å². The van der Waals surface area contributed by atoms with Crippen LogP contribution < -0.4 is 5.69 Å². The van der Waals surface area contributed by atoms with E-state index in [0.29, 0.717) is 5.82 Å². The molecule has 0 saturated carbocycles. The summed E-state index contributed by atoms with van der Waals surface area (Å²) in [5, 5.41) is 18.7. The molecule has 1 aromatic heterocycles. The number of aromatic nitrogens is 2. The predicted octanol–water partition coefficient (Wildman–Crippen LogP) is -0.895. The van der Waals surface area contributed by atoms with Crippen molar-refractivity contribution in [1.29, 1.82) is 0 Å². The molecule has 0 bridgehead atoms. The first-order chi connectivity index (χ1) is 9.51. The number of aliphatic hydroxyl groups is 2. The molecule has 0 aliphatic carbocycles. The molecule has 0 aromatic carbocycles. The number of nitrogens with zero attached hydrogens (tertiary/aromatic N) is 4. The van der Waals surface area contributed by atoms with Crippen molar-refractivity contribution in [2.24, 2.45) is 4.99 Å². The summed E-state index contributed by atoms with van der Waals surface area (Å²) < 4.78 is 6.69. The molecule has 1 aliphatic heterocycles. The Hall–Kier alpha value is -1.77. The van der Waals surface area contributed by atoms with E-state index in [9.17, 15) is 9.90 Å². The zero-order valence-corrected chi connectivity index (χ0v) is 11.4. The van der Waals surface area contributed by atoms with Gasteiger partial charge in [-0.3, -0.25) is 4.57 Å². The van der Waals surface area contributed by atoms with Crippen LogP contribution in [0.1, 0.15) is 12.6 Å². The highest BCUT2D eigenvalue weighted by molar-refractivity contribution is 5.58. The first-order valence-corrected chi connectivity index (χ1v) is 6.25. The molecule has 2 rings (SSSR count). The third-order valence-electron chi connectivity index (χ3n) is 2.93. The highest BCUT2D eigenvalue weighted by Gasteiger charge is 2.34. The number of hydrogen-bond acceptors (Lipinski definition) is 6. The van der Waals surface area contributed by atoms with Crippen LogP contribution in [0.25, 0.3) is 0 Å². The van der Waals surface area contributed by atoms with Crippen molar-refractivity contribution in [2.45, 2.75) is 24.9 Å². The molecule has 0 amide bonds. The summed E-state index contributed by atoms with van der Waals surface area (Å²) in [6, 6.07) is 1.59. The van der Waals surface area contributed by atoms with Crippen LogP contribution in [0.3, 0.4) is 0 Å². The van der Waals surface area contributed by atoms with Crippen LogP contribution in [0.2, 0.25) is 0 Å². The fourth-order valence-corrected chi connectivity index (χ4v) is 1.92. The van der Waals surface area contributed by atoms with E-state index in [1.54, 1.807) is 17.3 Å². The first kappa shape index (κ1) is 14.6. The number of aliphatic hydroxyl groups excluding tert-OH is 2. The molecule has 1 saturated heterocycles. The van der Waals surface area contributed by atoms with Crippen molar-refractivity contribution >= 4 is 12.2 Å². The largest absolute Gasteiger partial charge is 0.394 e. The SMILES string of the molecule is CN(C)C=Nc1ccn([C@H]2C[C@H](O)[C@@H](CO)O2)c(=O)n1. The lowest BCUT2D eigenvalue weighted by molar-refractivity contribution is -0.0458. The predicted molar refractivity (Wildman–Crippen MR) is 72.0 cm³/mol. The molecule has 1 fully saturated rings. The van der Waals surface area contributed by atoms with Crippen molar-refractivity contribution in [2.75, 3.05) is 20.7 Å². The van der Waals surface area contributed by atoms with E-state index in [1.165, 1.54) is 10.8 Å². The molecule has 1 aliphatic rings. The Bertz CT molecular complexity index is 543. The van der Waals surface area contributed by atoms with E-state index >= 15 is 0 Å². The summed E-state index contributed by atoms with van der Waals surface area (Å²) in [5.41, 5.74) is -0.505. The van der Waals surface area contributed by atoms with Crippen molar-refractivity contribution in [3.63, 3.8) is 0 Å². The normalized spacial score (nSPS) is 26.3. The van der Waals surface area contributed by atoms with Crippen molar-refractivity contribution < 1.29 is 14.9 Å². The lowest BCUT2D eigenvalue weighted by atomic mass is 10.2. The standard InChI is InChI=1S/C12H18N4O4/c1-15(2)7-13-10-3-4-16(12(19)14-10)11-5-8(18)9(6-17)20-11/h3-4,7-9,11,17-18H,5-6H2,1-2H3/t8-,9+,11+/m0/s1. The lowest BCUT2D eigenvalue weighted by Crippen LogP contribution is -2.27. The van der Waals surface area contributed by atoms with E-state index < -0.39 is 24.1 Å². The van der Waals surface area contributed by atoms with Crippen molar-refractivity contribution in [1.82, 2.24) is 14.5 Å². The Labute approximate surface area is 116 Å². The van der Waals surface area contributed by atoms with E-state index in [4.69, 9.17) is 9.84 Å². The summed E-state index contributed by atoms with van der Waals surface area (Å²) >= 11 is 0. The summed E-state index contributed by atoms with van der Waals surface area (Å²) in [6.07, 6.45) is 1.24. The molecule has 2 heterocycles. The fourth-order valence-electron chi connectivity index (χ4n) is 1.92. The molecule has 0 spiro atoms. The molecule has 8 nitrogen and oxygen atoms in total. The highest BCUT2D eigenvalue weighted by atomic mass is 16.5. The van der Waals surface area contributed by atoms with Gasteiger partial charge >= 0.3 is 5.69 Å². The van der Waals surface area contributed by atoms with Gasteiger partial charge in [0, 0.05) is 26.7 Å². The minimum atomic E-state index is -0.789. The van der Waals surface area contributed by atoms with Gasteiger partial charge in [-0.25, -0.2) is 9.79 Å². The molecule has 2 N–H and O–H groups in total. The Morgan fingerprint density at radius 2 is 2.40 bits per heavy atom. The van der Waals surface area contributed by atoms with Crippen molar-refractivity contribution in [3.05, 3.63) is 22.7 Å². The number of aliphatic imine (C=N–C) groups is 1. The highest BCUT2D eigenvalue weighted by Crippen LogP contribution is 2.27. The van der Waals surface area contributed by atoms with Gasteiger partial charge in [-0.15, -0.1) is 0 Å². The van der Waals surface area contributed by atoms with Gasteiger partial charge in [0.25, 0.3) is 0 Å². The van der Waals surface area contributed by atoms with Gasteiger partial charge in [-0.2, -0.15) is 4.98 Å². The van der Waals surface area contributed by atoms with Crippen molar-refractivity contribution in [3.8, 4) is 0 Å². The van der Waals surface area contributed by atoms with Crippen LogP contribution in [0.5, 0.6) is 0 Å². The molecule has 0 unspecified atom stereocenters. The smallest absolute Gasteiger partial charge is 0.351 e.